The quantitative estimate of drug-likeness (QED) is 0.827. The highest BCUT2D eigenvalue weighted by Gasteiger charge is 2.23. The molecular weight excluding hydrogens is 278 g/mol. The summed E-state index contributed by atoms with van der Waals surface area (Å²) in [5.74, 6) is 0.645. The van der Waals surface area contributed by atoms with E-state index in [0.717, 1.165) is 11.4 Å². The average molecular weight is 300 g/mol. The van der Waals surface area contributed by atoms with E-state index in [2.05, 4.69) is 41.7 Å². The minimum absolute atomic E-state index is 0.361. The lowest BCUT2D eigenvalue weighted by atomic mass is 9.79. The van der Waals surface area contributed by atoms with Crippen LogP contribution in [0.15, 0.2) is 48.5 Å². The van der Waals surface area contributed by atoms with Crippen LogP contribution in [0.1, 0.15) is 47.9 Å². The minimum Gasteiger partial charge on any atom is -0.313 e. The fraction of sp³-hybridized carbons (Fsp3) is 0.368. The number of benzene rings is 2. The highest BCUT2D eigenvalue weighted by atomic mass is 35.5. The lowest BCUT2D eigenvalue weighted by Crippen LogP contribution is -2.21. The molecule has 2 aromatic rings. The zero-order valence-corrected chi connectivity index (χ0v) is 13.2. The summed E-state index contributed by atoms with van der Waals surface area (Å²) in [6, 6.07) is 17.5. The fourth-order valence-corrected chi connectivity index (χ4v) is 3.73. The summed E-state index contributed by atoms with van der Waals surface area (Å²) in [4.78, 5) is 0. The highest BCUT2D eigenvalue weighted by Crippen LogP contribution is 2.37. The molecule has 3 rings (SSSR count). The lowest BCUT2D eigenvalue weighted by Gasteiger charge is -2.29. The molecule has 1 N–H and O–H groups in total. The monoisotopic (exact) mass is 299 g/mol. The molecule has 0 aliphatic heterocycles. The molecule has 2 aromatic carbocycles. The van der Waals surface area contributed by atoms with Crippen LogP contribution in [0.4, 0.5) is 0 Å². The Labute approximate surface area is 132 Å². The molecule has 1 nitrogen and oxygen atoms in total. The topological polar surface area (TPSA) is 12.0 Å². The number of rotatable bonds is 4. The van der Waals surface area contributed by atoms with Crippen molar-refractivity contribution in [2.45, 2.75) is 37.6 Å². The van der Waals surface area contributed by atoms with Crippen molar-refractivity contribution in [2.24, 2.45) is 0 Å². The van der Waals surface area contributed by atoms with Crippen molar-refractivity contribution < 1.29 is 0 Å². The van der Waals surface area contributed by atoms with Crippen molar-refractivity contribution in [3.8, 4) is 0 Å². The molecule has 2 atom stereocenters. The number of nitrogens with one attached hydrogen (secondary N) is 1. The van der Waals surface area contributed by atoms with Gasteiger partial charge in [0.25, 0.3) is 0 Å². The van der Waals surface area contributed by atoms with Crippen LogP contribution in [0.3, 0.4) is 0 Å². The number of aryl methyl sites for hydroxylation is 1. The summed E-state index contributed by atoms with van der Waals surface area (Å²) < 4.78 is 0. The van der Waals surface area contributed by atoms with Crippen molar-refractivity contribution >= 4 is 11.6 Å². The second-order valence-corrected chi connectivity index (χ2v) is 6.36. The van der Waals surface area contributed by atoms with Gasteiger partial charge >= 0.3 is 0 Å². The number of hydrogen-bond acceptors (Lipinski definition) is 1. The Kier molecular flexibility index (Phi) is 4.62. The molecule has 2 heteroatoms. The Bertz CT molecular complexity index is 608. The van der Waals surface area contributed by atoms with Crippen LogP contribution in [0.5, 0.6) is 0 Å². The summed E-state index contributed by atoms with van der Waals surface area (Å²) in [5, 5.41) is 4.28. The van der Waals surface area contributed by atoms with Crippen molar-refractivity contribution in [3.63, 3.8) is 0 Å². The summed E-state index contributed by atoms with van der Waals surface area (Å²) in [7, 11) is 2.04. The third-order valence-corrected chi connectivity index (χ3v) is 4.85. The first-order valence-corrected chi connectivity index (χ1v) is 8.16. The van der Waals surface area contributed by atoms with Gasteiger partial charge in [-0.1, -0.05) is 48.0 Å². The zero-order chi connectivity index (χ0) is 14.7. The van der Waals surface area contributed by atoms with Gasteiger partial charge in [0.15, 0.2) is 0 Å². The second kappa shape index (κ2) is 6.64. The average Bonchev–Trinajstić information content (AvgIpc) is 2.52. The van der Waals surface area contributed by atoms with Gasteiger partial charge in [0.2, 0.25) is 0 Å². The number of halogens is 1. The van der Waals surface area contributed by atoms with Crippen molar-refractivity contribution in [3.05, 3.63) is 70.2 Å². The van der Waals surface area contributed by atoms with E-state index < -0.39 is 0 Å². The van der Waals surface area contributed by atoms with Gasteiger partial charge in [0.05, 0.1) is 0 Å². The third kappa shape index (κ3) is 3.30. The molecular formula is C19H22ClN. The standard InChI is InChI=1S/C19H22ClN/c1-21-19(16-9-5-10-17(20)12-16)13-15-8-4-7-14-6-2-3-11-18(14)15/h2-3,5-6,9-12,15,19,21H,4,7-8,13H2,1H3. The van der Waals surface area contributed by atoms with Gasteiger partial charge in [-0.05, 0) is 67.5 Å². The molecule has 110 valence electrons. The van der Waals surface area contributed by atoms with E-state index in [9.17, 15) is 0 Å². The predicted molar refractivity (Wildman–Crippen MR) is 90.0 cm³/mol. The van der Waals surface area contributed by atoms with E-state index in [1.807, 2.05) is 19.2 Å². The van der Waals surface area contributed by atoms with Crippen LogP contribution < -0.4 is 5.32 Å². The molecule has 0 saturated heterocycles. The molecule has 0 saturated carbocycles. The Morgan fingerprint density at radius 1 is 1.19 bits per heavy atom. The normalized spacial score (nSPS) is 19.0. The van der Waals surface area contributed by atoms with Crippen LogP contribution in [-0.2, 0) is 6.42 Å². The van der Waals surface area contributed by atoms with Crippen molar-refractivity contribution in [2.75, 3.05) is 7.05 Å². The van der Waals surface area contributed by atoms with Crippen molar-refractivity contribution in [1.82, 2.24) is 5.32 Å². The van der Waals surface area contributed by atoms with Crippen LogP contribution in [0, 0.1) is 0 Å². The first-order valence-electron chi connectivity index (χ1n) is 7.78. The molecule has 1 aliphatic rings. The zero-order valence-electron chi connectivity index (χ0n) is 12.5. The SMILES string of the molecule is CNC(CC1CCCc2ccccc21)c1cccc(Cl)c1. The van der Waals surface area contributed by atoms with Gasteiger partial charge in [-0.3, -0.25) is 0 Å². The van der Waals surface area contributed by atoms with Crippen LogP contribution >= 0.6 is 11.6 Å². The minimum atomic E-state index is 0.361. The lowest BCUT2D eigenvalue weighted by molar-refractivity contribution is 0.440. The summed E-state index contributed by atoms with van der Waals surface area (Å²) in [6.07, 6.45) is 4.95. The molecule has 21 heavy (non-hydrogen) atoms. The van der Waals surface area contributed by atoms with Gasteiger partial charge in [-0.15, -0.1) is 0 Å². The largest absolute Gasteiger partial charge is 0.313 e. The first-order chi connectivity index (χ1) is 10.3. The fourth-order valence-electron chi connectivity index (χ4n) is 3.53. The Morgan fingerprint density at radius 2 is 2.05 bits per heavy atom. The molecule has 0 radical (unpaired) electrons. The summed E-state index contributed by atoms with van der Waals surface area (Å²) in [5.41, 5.74) is 4.37. The first kappa shape index (κ1) is 14.6. The van der Waals surface area contributed by atoms with Gasteiger partial charge in [-0.25, -0.2) is 0 Å². The Morgan fingerprint density at radius 3 is 2.86 bits per heavy atom. The molecule has 0 heterocycles. The van der Waals surface area contributed by atoms with Crippen LogP contribution in [0.25, 0.3) is 0 Å². The van der Waals surface area contributed by atoms with Gasteiger partial charge < -0.3 is 5.32 Å². The molecule has 0 spiro atoms. The van der Waals surface area contributed by atoms with Gasteiger partial charge in [0.1, 0.15) is 0 Å². The van der Waals surface area contributed by atoms with Crippen LogP contribution in [0.2, 0.25) is 5.02 Å². The molecule has 0 fully saturated rings. The molecule has 0 amide bonds. The van der Waals surface area contributed by atoms with E-state index in [0.29, 0.717) is 12.0 Å². The maximum absolute atomic E-state index is 6.14. The molecule has 1 aliphatic carbocycles. The Hall–Kier alpha value is -1.31. The van der Waals surface area contributed by atoms with Crippen molar-refractivity contribution in [1.29, 1.82) is 0 Å². The van der Waals surface area contributed by atoms with E-state index >= 15 is 0 Å². The summed E-state index contributed by atoms with van der Waals surface area (Å²) >= 11 is 6.14. The molecule has 0 aromatic heterocycles. The smallest absolute Gasteiger partial charge is 0.0409 e. The third-order valence-electron chi connectivity index (χ3n) is 4.61. The van der Waals surface area contributed by atoms with E-state index in [1.54, 1.807) is 5.56 Å². The van der Waals surface area contributed by atoms with E-state index in [1.165, 1.54) is 30.4 Å². The van der Waals surface area contributed by atoms with Gasteiger partial charge in [-0.2, -0.15) is 0 Å². The highest BCUT2D eigenvalue weighted by molar-refractivity contribution is 6.30. The number of hydrogen-bond donors (Lipinski definition) is 1. The Balaban J connectivity index is 1.82. The molecule has 0 bridgehead atoms. The van der Waals surface area contributed by atoms with Gasteiger partial charge in [0, 0.05) is 11.1 Å². The maximum atomic E-state index is 6.14. The maximum Gasteiger partial charge on any atom is 0.0409 e. The van der Waals surface area contributed by atoms with E-state index in [4.69, 9.17) is 11.6 Å². The second-order valence-electron chi connectivity index (χ2n) is 5.92. The number of fused-ring (bicyclic) bond motifs is 1. The van der Waals surface area contributed by atoms with E-state index in [-0.39, 0.29) is 0 Å². The van der Waals surface area contributed by atoms with Crippen LogP contribution in [-0.4, -0.2) is 7.05 Å². The predicted octanol–water partition coefficient (Wildman–Crippen LogP) is 5.11. The summed E-state index contributed by atoms with van der Waals surface area (Å²) in [6.45, 7) is 0. The molecule has 2 unspecified atom stereocenters.